The summed E-state index contributed by atoms with van der Waals surface area (Å²) in [5, 5.41) is 0. The largest absolute Gasteiger partial charge is 0.353 e. The molecule has 0 aromatic rings. The van der Waals surface area contributed by atoms with E-state index in [1.165, 1.54) is 89.9 Å². The Balaban J connectivity index is 3.99. The molecule has 2 unspecified atom stereocenters. The highest BCUT2D eigenvalue weighted by Crippen LogP contribution is 2.24. The lowest BCUT2D eigenvalue weighted by atomic mass is 9.83. The third kappa shape index (κ3) is 14.3. The van der Waals surface area contributed by atoms with Crippen molar-refractivity contribution >= 4 is 0 Å². The fraction of sp³-hybridized carbons (Fsp3) is 0.833. The second-order valence-electron chi connectivity index (χ2n) is 8.47. The fourth-order valence-corrected chi connectivity index (χ4v) is 3.50. The molecular formula is C24H48N+. The van der Waals surface area contributed by atoms with Crippen molar-refractivity contribution in [1.82, 2.24) is 0 Å². The van der Waals surface area contributed by atoms with Crippen LogP contribution in [0.5, 0.6) is 0 Å². The van der Waals surface area contributed by atoms with Gasteiger partial charge >= 0.3 is 0 Å². The van der Waals surface area contributed by atoms with Crippen molar-refractivity contribution in [3.8, 4) is 0 Å². The zero-order valence-electron chi connectivity index (χ0n) is 18.0. The van der Waals surface area contributed by atoms with Crippen LogP contribution >= 0.6 is 0 Å². The van der Waals surface area contributed by atoms with Crippen LogP contribution in [-0.2, 0) is 0 Å². The maximum absolute atomic E-state index is 4.60. The maximum Gasteiger partial charge on any atom is 0.0946 e. The van der Waals surface area contributed by atoms with E-state index in [0.717, 1.165) is 5.92 Å². The van der Waals surface area contributed by atoms with Crippen LogP contribution in [0.2, 0.25) is 0 Å². The smallest absolute Gasteiger partial charge is 0.0946 e. The minimum atomic E-state index is 0.294. The standard InChI is InChI=1S/C24H47N/c1-6-9-11-12-13-14-17-22(4)18-15-20-24(25,8-3)21-19-23(5)16-10-7-2/h6,18,23H,1,7-17,19-21,25H2,2-5H3/p+1. The Hall–Kier alpha value is -0.560. The molecule has 0 aliphatic heterocycles. The Bertz CT molecular complexity index is 344. The maximum atomic E-state index is 4.60. The summed E-state index contributed by atoms with van der Waals surface area (Å²) in [5.74, 6) is 0.867. The Morgan fingerprint density at radius 2 is 1.72 bits per heavy atom. The average molecular weight is 351 g/mol. The molecule has 1 nitrogen and oxygen atoms in total. The van der Waals surface area contributed by atoms with E-state index in [9.17, 15) is 0 Å². The van der Waals surface area contributed by atoms with Gasteiger partial charge in [-0.15, -0.1) is 6.58 Å². The first kappa shape index (κ1) is 24.4. The van der Waals surface area contributed by atoms with Gasteiger partial charge in [0.2, 0.25) is 0 Å². The van der Waals surface area contributed by atoms with E-state index in [1.807, 2.05) is 6.08 Å². The highest BCUT2D eigenvalue weighted by atomic mass is 14.7. The SMILES string of the molecule is C=CCCCCCCC(C)=CCCC([NH3+])(CC)CCC(C)CCCC. The highest BCUT2D eigenvalue weighted by Gasteiger charge is 2.26. The molecule has 1 heteroatoms. The lowest BCUT2D eigenvalue weighted by molar-refractivity contribution is -0.482. The van der Waals surface area contributed by atoms with Crippen LogP contribution in [0.4, 0.5) is 0 Å². The summed E-state index contributed by atoms with van der Waals surface area (Å²) in [7, 11) is 0. The molecule has 0 spiro atoms. The first-order valence-electron chi connectivity index (χ1n) is 11.1. The lowest BCUT2D eigenvalue weighted by Crippen LogP contribution is -2.72. The molecule has 0 saturated heterocycles. The third-order valence-electron chi connectivity index (χ3n) is 5.86. The molecule has 0 rings (SSSR count). The van der Waals surface area contributed by atoms with E-state index in [1.54, 1.807) is 5.57 Å². The molecule has 0 saturated carbocycles. The summed E-state index contributed by atoms with van der Waals surface area (Å²) >= 11 is 0. The first-order valence-corrected chi connectivity index (χ1v) is 11.1. The van der Waals surface area contributed by atoms with Gasteiger partial charge in [0.15, 0.2) is 0 Å². The molecule has 0 amide bonds. The molecule has 0 aliphatic rings. The second-order valence-corrected chi connectivity index (χ2v) is 8.47. The fourth-order valence-electron chi connectivity index (χ4n) is 3.50. The molecular weight excluding hydrogens is 302 g/mol. The van der Waals surface area contributed by atoms with Crippen LogP contribution < -0.4 is 5.73 Å². The van der Waals surface area contributed by atoms with Gasteiger partial charge in [-0.25, -0.2) is 0 Å². The quantitative estimate of drug-likeness (QED) is 0.211. The Kier molecular flexibility index (Phi) is 15.3. The molecule has 0 aromatic heterocycles. The summed E-state index contributed by atoms with van der Waals surface area (Å²) < 4.78 is 0. The molecule has 148 valence electrons. The number of unbranched alkanes of at least 4 members (excludes halogenated alkanes) is 5. The third-order valence-corrected chi connectivity index (χ3v) is 5.86. The van der Waals surface area contributed by atoms with Gasteiger partial charge in [0, 0.05) is 12.8 Å². The van der Waals surface area contributed by atoms with Crippen molar-refractivity contribution < 1.29 is 5.73 Å². The monoisotopic (exact) mass is 350 g/mol. The van der Waals surface area contributed by atoms with Gasteiger partial charge < -0.3 is 5.73 Å². The van der Waals surface area contributed by atoms with Gasteiger partial charge in [-0.2, -0.15) is 0 Å². The summed E-state index contributed by atoms with van der Waals surface area (Å²) in [6.07, 6.45) is 22.8. The zero-order chi connectivity index (χ0) is 19.0. The number of hydrogen-bond acceptors (Lipinski definition) is 0. The van der Waals surface area contributed by atoms with Crippen LogP contribution in [0.1, 0.15) is 118 Å². The van der Waals surface area contributed by atoms with Crippen LogP contribution in [0.15, 0.2) is 24.3 Å². The number of quaternary nitrogens is 1. The predicted octanol–water partition coefficient (Wildman–Crippen LogP) is 7.24. The number of rotatable bonds is 17. The van der Waals surface area contributed by atoms with Gasteiger partial charge in [0.25, 0.3) is 0 Å². The first-order chi connectivity index (χ1) is 12.0. The Morgan fingerprint density at radius 1 is 1.00 bits per heavy atom. The molecule has 0 aromatic carbocycles. The zero-order valence-corrected chi connectivity index (χ0v) is 18.0. The number of hydrogen-bond donors (Lipinski definition) is 1. The van der Waals surface area contributed by atoms with Crippen molar-refractivity contribution in [1.29, 1.82) is 0 Å². The van der Waals surface area contributed by atoms with Gasteiger partial charge in [0.1, 0.15) is 0 Å². The van der Waals surface area contributed by atoms with Gasteiger partial charge in [-0.05, 0) is 57.8 Å². The summed E-state index contributed by atoms with van der Waals surface area (Å²) in [6, 6.07) is 0. The van der Waals surface area contributed by atoms with E-state index in [4.69, 9.17) is 0 Å². The summed E-state index contributed by atoms with van der Waals surface area (Å²) in [6.45, 7) is 13.1. The van der Waals surface area contributed by atoms with Crippen LogP contribution in [0.3, 0.4) is 0 Å². The summed E-state index contributed by atoms with van der Waals surface area (Å²) in [5.41, 5.74) is 6.48. The summed E-state index contributed by atoms with van der Waals surface area (Å²) in [4.78, 5) is 0. The molecule has 0 bridgehead atoms. The van der Waals surface area contributed by atoms with Crippen LogP contribution in [-0.4, -0.2) is 5.54 Å². The highest BCUT2D eigenvalue weighted by molar-refractivity contribution is 4.98. The second kappa shape index (κ2) is 15.7. The van der Waals surface area contributed by atoms with Crippen molar-refractivity contribution in [2.45, 2.75) is 123 Å². The van der Waals surface area contributed by atoms with Gasteiger partial charge in [-0.3, -0.25) is 0 Å². The predicted molar refractivity (Wildman–Crippen MR) is 115 cm³/mol. The normalized spacial score (nSPS) is 15.8. The molecule has 0 aliphatic carbocycles. The Labute approximate surface area is 159 Å². The van der Waals surface area contributed by atoms with E-state index in [0.29, 0.717) is 5.54 Å². The van der Waals surface area contributed by atoms with Crippen LogP contribution in [0.25, 0.3) is 0 Å². The van der Waals surface area contributed by atoms with E-state index >= 15 is 0 Å². The van der Waals surface area contributed by atoms with Crippen molar-refractivity contribution in [3.63, 3.8) is 0 Å². The minimum absolute atomic E-state index is 0.294. The molecule has 0 fully saturated rings. The molecule has 3 N–H and O–H groups in total. The molecule has 25 heavy (non-hydrogen) atoms. The molecule has 0 heterocycles. The Morgan fingerprint density at radius 3 is 2.36 bits per heavy atom. The number of allylic oxidation sites excluding steroid dienone is 3. The van der Waals surface area contributed by atoms with Gasteiger partial charge in [-0.1, -0.05) is 70.6 Å². The van der Waals surface area contributed by atoms with Crippen molar-refractivity contribution in [3.05, 3.63) is 24.3 Å². The van der Waals surface area contributed by atoms with Gasteiger partial charge in [0.05, 0.1) is 5.54 Å². The molecule has 0 radical (unpaired) electrons. The van der Waals surface area contributed by atoms with Crippen molar-refractivity contribution in [2.24, 2.45) is 5.92 Å². The van der Waals surface area contributed by atoms with Crippen molar-refractivity contribution in [2.75, 3.05) is 0 Å². The molecule has 2 atom stereocenters. The van der Waals surface area contributed by atoms with E-state index in [-0.39, 0.29) is 0 Å². The van der Waals surface area contributed by atoms with E-state index in [2.05, 4.69) is 46.1 Å². The topological polar surface area (TPSA) is 27.6 Å². The van der Waals surface area contributed by atoms with Crippen LogP contribution in [0, 0.1) is 5.92 Å². The average Bonchev–Trinajstić information content (AvgIpc) is 2.61. The van der Waals surface area contributed by atoms with E-state index < -0.39 is 0 Å². The minimum Gasteiger partial charge on any atom is -0.353 e. The lowest BCUT2D eigenvalue weighted by Gasteiger charge is -2.25.